The van der Waals surface area contributed by atoms with Gasteiger partial charge in [0, 0.05) is 19.6 Å². The number of aryl methyl sites for hydroxylation is 1. The van der Waals surface area contributed by atoms with Crippen molar-refractivity contribution >= 4 is 0 Å². The van der Waals surface area contributed by atoms with Gasteiger partial charge in [-0.2, -0.15) is 0 Å². The van der Waals surface area contributed by atoms with Crippen LogP contribution in [0.15, 0.2) is 12.5 Å². The maximum absolute atomic E-state index is 5.76. The number of aromatic nitrogens is 2. The summed E-state index contributed by atoms with van der Waals surface area (Å²) in [5, 5.41) is 3.35. The summed E-state index contributed by atoms with van der Waals surface area (Å²) in [4.78, 5) is 6.44. The van der Waals surface area contributed by atoms with Gasteiger partial charge in [-0.25, -0.2) is 4.98 Å². The Bertz CT molecular complexity index is 331. The third kappa shape index (κ3) is 3.52. The van der Waals surface area contributed by atoms with Gasteiger partial charge >= 0.3 is 0 Å². The first-order chi connectivity index (χ1) is 8.27. The van der Waals surface area contributed by atoms with Gasteiger partial charge in [0.05, 0.1) is 24.8 Å². The third-order valence-corrected chi connectivity index (χ3v) is 3.01. The first kappa shape index (κ1) is 12.5. The molecule has 17 heavy (non-hydrogen) atoms. The van der Waals surface area contributed by atoms with Crippen LogP contribution in [-0.4, -0.2) is 54.8 Å². The second kappa shape index (κ2) is 6.14. The van der Waals surface area contributed by atoms with Crippen molar-refractivity contribution in [1.82, 2.24) is 19.8 Å². The standard InChI is InChI=1S/C12H22N4O/c1-15(2)5-3-6-16-10-14-8-11(16)12-9-13-4-7-17-12/h8,10,12-13H,3-7,9H2,1-2H3. The van der Waals surface area contributed by atoms with Gasteiger partial charge in [-0.1, -0.05) is 0 Å². The molecule has 1 unspecified atom stereocenters. The highest BCUT2D eigenvalue weighted by Crippen LogP contribution is 2.18. The molecule has 1 fully saturated rings. The molecule has 0 aliphatic carbocycles. The number of rotatable bonds is 5. The summed E-state index contributed by atoms with van der Waals surface area (Å²) in [5.74, 6) is 0. The van der Waals surface area contributed by atoms with E-state index in [4.69, 9.17) is 4.74 Å². The highest BCUT2D eigenvalue weighted by molar-refractivity contribution is 5.04. The molecule has 0 amide bonds. The number of morpholine rings is 1. The topological polar surface area (TPSA) is 42.3 Å². The van der Waals surface area contributed by atoms with Crippen molar-refractivity contribution < 1.29 is 4.74 Å². The minimum absolute atomic E-state index is 0.158. The van der Waals surface area contributed by atoms with Gasteiger partial charge in [0.1, 0.15) is 6.10 Å². The lowest BCUT2D eigenvalue weighted by molar-refractivity contribution is 0.0227. The van der Waals surface area contributed by atoms with Crippen molar-refractivity contribution in [3.8, 4) is 0 Å². The van der Waals surface area contributed by atoms with Crippen LogP contribution < -0.4 is 5.32 Å². The summed E-state index contributed by atoms with van der Waals surface area (Å²) >= 11 is 0. The lowest BCUT2D eigenvalue weighted by Gasteiger charge is -2.24. The zero-order chi connectivity index (χ0) is 12.1. The van der Waals surface area contributed by atoms with Gasteiger partial charge in [-0.05, 0) is 27.1 Å². The lowest BCUT2D eigenvalue weighted by atomic mass is 10.2. The quantitative estimate of drug-likeness (QED) is 0.811. The fraction of sp³-hybridized carbons (Fsp3) is 0.750. The summed E-state index contributed by atoms with van der Waals surface area (Å²) in [6.45, 7) is 4.73. The summed E-state index contributed by atoms with van der Waals surface area (Å²) in [6, 6.07) is 0. The molecule has 1 aromatic rings. The van der Waals surface area contributed by atoms with Crippen LogP contribution in [0.5, 0.6) is 0 Å². The average Bonchev–Trinajstić information content (AvgIpc) is 2.78. The second-order valence-corrected chi connectivity index (χ2v) is 4.73. The zero-order valence-corrected chi connectivity index (χ0v) is 10.7. The van der Waals surface area contributed by atoms with Crippen molar-refractivity contribution in [1.29, 1.82) is 0 Å². The second-order valence-electron chi connectivity index (χ2n) is 4.73. The number of hydrogen-bond donors (Lipinski definition) is 1. The number of nitrogens with one attached hydrogen (secondary N) is 1. The Morgan fingerprint density at radius 1 is 1.59 bits per heavy atom. The van der Waals surface area contributed by atoms with Crippen molar-refractivity contribution in [2.75, 3.05) is 40.3 Å². The van der Waals surface area contributed by atoms with Gasteiger partial charge in [0.25, 0.3) is 0 Å². The van der Waals surface area contributed by atoms with Crippen LogP contribution in [0.2, 0.25) is 0 Å². The molecule has 1 saturated heterocycles. The molecule has 0 aromatic carbocycles. The smallest absolute Gasteiger partial charge is 0.111 e. The fourth-order valence-corrected chi connectivity index (χ4v) is 2.10. The minimum Gasteiger partial charge on any atom is -0.369 e. The van der Waals surface area contributed by atoms with Crippen LogP contribution in [0.1, 0.15) is 18.2 Å². The molecule has 0 bridgehead atoms. The molecular weight excluding hydrogens is 216 g/mol. The molecule has 0 radical (unpaired) electrons. The monoisotopic (exact) mass is 238 g/mol. The summed E-state index contributed by atoms with van der Waals surface area (Å²) < 4.78 is 7.97. The molecule has 1 aromatic heterocycles. The van der Waals surface area contributed by atoms with E-state index < -0.39 is 0 Å². The SMILES string of the molecule is CN(C)CCCn1cncc1C1CNCCO1. The third-order valence-electron chi connectivity index (χ3n) is 3.01. The molecule has 96 valence electrons. The molecule has 1 N–H and O–H groups in total. The van der Waals surface area contributed by atoms with E-state index in [0.29, 0.717) is 0 Å². The molecule has 0 saturated carbocycles. The van der Waals surface area contributed by atoms with Crippen LogP contribution in [0.25, 0.3) is 0 Å². The number of hydrogen-bond acceptors (Lipinski definition) is 4. The highest BCUT2D eigenvalue weighted by atomic mass is 16.5. The van der Waals surface area contributed by atoms with Crippen molar-refractivity contribution in [3.05, 3.63) is 18.2 Å². The zero-order valence-electron chi connectivity index (χ0n) is 10.7. The highest BCUT2D eigenvalue weighted by Gasteiger charge is 2.19. The Morgan fingerprint density at radius 3 is 3.18 bits per heavy atom. The molecule has 5 nitrogen and oxygen atoms in total. The average molecular weight is 238 g/mol. The summed E-state index contributed by atoms with van der Waals surface area (Å²) in [6.07, 6.45) is 5.12. The molecule has 1 atom stereocenters. The van der Waals surface area contributed by atoms with Gasteiger partial charge in [0.15, 0.2) is 0 Å². The van der Waals surface area contributed by atoms with E-state index in [1.54, 1.807) is 0 Å². The number of nitrogens with zero attached hydrogens (tertiary/aromatic N) is 3. The van der Waals surface area contributed by atoms with Gasteiger partial charge in [-0.3, -0.25) is 0 Å². The molecule has 0 spiro atoms. The van der Waals surface area contributed by atoms with Crippen molar-refractivity contribution in [2.24, 2.45) is 0 Å². The van der Waals surface area contributed by atoms with E-state index in [0.717, 1.165) is 39.2 Å². The molecule has 1 aliphatic heterocycles. The Balaban J connectivity index is 1.91. The van der Waals surface area contributed by atoms with E-state index in [1.807, 2.05) is 12.5 Å². The van der Waals surface area contributed by atoms with E-state index in [9.17, 15) is 0 Å². The van der Waals surface area contributed by atoms with Crippen molar-refractivity contribution in [2.45, 2.75) is 19.1 Å². The Hall–Kier alpha value is -0.910. The fourth-order valence-electron chi connectivity index (χ4n) is 2.10. The van der Waals surface area contributed by atoms with E-state index in [2.05, 4.69) is 33.9 Å². The molecule has 2 rings (SSSR count). The first-order valence-corrected chi connectivity index (χ1v) is 6.24. The van der Waals surface area contributed by atoms with Crippen LogP contribution >= 0.6 is 0 Å². The van der Waals surface area contributed by atoms with E-state index in [-0.39, 0.29) is 6.10 Å². The first-order valence-electron chi connectivity index (χ1n) is 6.24. The normalized spacial score (nSPS) is 21.0. The Morgan fingerprint density at radius 2 is 2.47 bits per heavy atom. The Kier molecular flexibility index (Phi) is 4.53. The Labute approximate surface area is 103 Å². The predicted molar refractivity (Wildman–Crippen MR) is 67.0 cm³/mol. The van der Waals surface area contributed by atoms with Gasteiger partial charge < -0.3 is 19.5 Å². The van der Waals surface area contributed by atoms with Crippen LogP contribution in [-0.2, 0) is 11.3 Å². The molecule has 1 aliphatic rings. The van der Waals surface area contributed by atoms with Crippen LogP contribution in [0.3, 0.4) is 0 Å². The molecule has 2 heterocycles. The summed E-state index contributed by atoms with van der Waals surface area (Å²) in [7, 11) is 4.20. The van der Waals surface area contributed by atoms with E-state index >= 15 is 0 Å². The van der Waals surface area contributed by atoms with Crippen LogP contribution in [0, 0.1) is 0 Å². The van der Waals surface area contributed by atoms with E-state index in [1.165, 1.54) is 5.69 Å². The van der Waals surface area contributed by atoms with Crippen molar-refractivity contribution in [3.63, 3.8) is 0 Å². The summed E-state index contributed by atoms with van der Waals surface area (Å²) in [5.41, 5.74) is 1.19. The minimum atomic E-state index is 0.158. The largest absolute Gasteiger partial charge is 0.369 e. The number of imidazole rings is 1. The maximum atomic E-state index is 5.76. The predicted octanol–water partition coefficient (Wildman–Crippen LogP) is 0.496. The van der Waals surface area contributed by atoms with Gasteiger partial charge in [-0.15, -0.1) is 0 Å². The molecular formula is C12H22N4O. The lowest BCUT2D eigenvalue weighted by Crippen LogP contribution is -2.34. The maximum Gasteiger partial charge on any atom is 0.111 e. The molecule has 5 heteroatoms. The number of ether oxygens (including phenoxy) is 1. The van der Waals surface area contributed by atoms with Gasteiger partial charge in [0.2, 0.25) is 0 Å². The van der Waals surface area contributed by atoms with Crippen LogP contribution in [0.4, 0.5) is 0 Å².